The Hall–Kier alpha value is -1.34. The van der Waals surface area contributed by atoms with Crippen LogP contribution in [0.25, 0.3) is 0 Å². The third-order valence-electron chi connectivity index (χ3n) is 3.39. The van der Waals surface area contributed by atoms with Crippen molar-refractivity contribution in [3.05, 3.63) is 0 Å². The van der Waals surface area contributed by atoms with Crippen LogP contribution in [0.4, 0.5) is 4.79 Å². The maximum absolute atomic E-state index is 11.8. The fourth-order valence-electron chi connectivity index (χ4n) is 2.29. The van der Waals surface area contributed by atoms with E-state index in [-0.39, 0.29) is 6.61 Å². The molecule has 1 fully saturated rings. The van der Waals surface area contributed by atoms with E-state index in [1.54, 1.807) is 4.90 Å². The van der Waals surface area contributed by atoms with Gasteiger partial charge < -0.3 is 25.0 Å². The molecule has 0 aromatic heterocycles. The Bertz CT molecular complexity index is 328. The van der Waals surface area contributed by atoms with Crippen LogP contribution in [-0.4, -0.2) is 75.4 Å². The molecule has 7 nitrogen and oxygen atoms in total. The van der Waals surface area contributed by atoms with Gasteiger partial charge in [-0.25, -0.2) is 4.79 Å². The van der Waals surface area contributed by atoms with Crippen LogP contribution in [0, 0.1) is 5.92 Å². The number of amides is 1. The fourth-order valence-corrected chi connectivity index (χ4v) is 2.29. The van der Waals surface area contributed by atoms with Crippen molar-refractivity contribution >= 4 is 12.1 Å². The molecule has 1 amide bonds. The van der Waals surface area contributed by atoms with Gasteiger partial charge in [0.25, 0.3) is 0 Å². The fraction of sp³-hybridized carbons (Fsp3) is 0.846. The van der Waals surface area contributed by atoms with Gasteiger partial charge in [0.15, 0.2) is 0 Å². The lowest BCUT2D eigenvalue weighted by molar-refractivity contribution is -0.143. The summed E-state index contributed by atoms with van der Waals surface area (Å²) in [7, 11) is 5.35. The Morgan fingerprint density at radius 1 is 1.35 bits per heavy atom. The third kappa shape index (κ3) is 5.34. The summed E-state index contributed by atoms with van der Waals surface area (Å²) in [4.78, 5) is 26.7. The van der Waals surface area contributed by atoms with E-state index in [0.29, 0.717) is 19.0 Å². The van der Waals surface area contributed by atoms with Crippen LogP contribution in [0.15, 0.2) is 0 Å². The van der Waals surface area contributed by atoms with Crippen LogP contribution in [0.2, 0.25) is 0 Å². The molecule has 2 N–H and O–H groups in total. The smallest absolute Gasteiger partial charge is 0.409 e. The highest BCUT2D eigenvalue weighted by Gasteiger charge is 2.25. The van der Waals surface area contributed by atoms with Gasteiger partial charge in [-0.3, -0.25) is 4.79 Å². The monoisotopic (exact) mass is 287 g/mol. The zero-order valence-corrected chi connectivity index (χ0v) is 12.5. The Labute approximate surface area is 120 Å². The van der Waals surface area contributed by atoms with Gasteiger partial charge in [0.1, 0.15) is 12.6 Å². The van der Waals surface area contributed by atoms with E-state index in [1.165, 1.54) is 7.11 Å². The first kappa shape index (κ1) is 16.7. The quantitative estimate of drug-likeness (QED) is 0.711. The topological polar surface area (TPSA) is 85.1 Å². The van der Waals surface area contributed by atoms with Gasteiger partial charge in [-0.2, -0.15) is 0 Å². The van der Waals surface area contributed by atoms with Gasteiger partial charge in [0.05, 0.1) is 7.11 Å². The van der Waals surface area contributed by atoms with Gasteiger partial charge in [0, 0.05) is 19.6 Å². The summed E-state index contributed by atoms with van der Waals surface area (Å²) in [5.74, 6) is 0.0360. The number of piperidine rings is 1. The molecule has 1 saturated heterocycles. The number of hydrogen-bond acceptors (Lipinski definition) is 6. The molecule has 0 spiro atoms. The Kier molecular flexibility index (Phi) is 6.74. The number of esters is 1. The average molecular weight is 287 g/mol. The molecule has 1 rings (SSSR count). The highest BCUT2D eigenvalue weighted by molar-refractivity contribution is 5.76. The zero-order chi connectivity index (χ0) is 15.1. The SMILES string of the molecule is COC(=O)[C@@H](N)COC(=O)N1CCC(CN(C)C)CC1. The first-order valence-electron chi connectivity index (χ1n) is 6.84. The van der Waals surface area contributed by atoms with Crippen molar-refractivity contribution in [3.8, 4) is 0 Å². The van der Waals surface area contributed by atoms with E-state index >= 15 is 0 Å². The molecule has 0 aromatic carbocycles. The van der Waals surface area contributed by atoms with Crippen LogP contribution in [0.1, 0.15) is 12.8 Å². The zero-order valence-electron chi connectivity index (χ0n) is 12.5. The van der Waals surface area contributed by atoms with E-state index in [0.717, 1.165) is 19.4 Å². The van der Waals surface area contributed by atoms with Crippen molar-refractivity contribution in [1.82, 2.24) is 9.80 Å². The lowest BCUT2D eigenvalue weighted by Gasteiger charge is -2.32. The minimum absolute atomic E-state index is 0.150. The lowest BCUT2D eigenvalue weighted by Crippen LogP contribution is -2.43. The molecule has 7 heteroatoms. The number of nitrogens with zero attached hydrogens (tertiary/aromatic N) is 2. The molecule has 0 aliphatic carbocycles. The van der Waals surface area contributed by atoms with Crippen molar-refractivity contribution in [1.29, 1.82) is 0 Å². The van der Waals surface area contributed by atoms with Crippen molar-refractivity contribution in [2.45, 2.75) is 18.9 Å². The summed E-state index contributed by atoms with van der Waals surface area (Å²) in [5, 5.41) is 0. The maximum Gasteiger partial charge on any atom is 0.409 e. The van der Waals surface area contributed by atoms with Crippen LogP contribution in [0.3, 0.4) is 0 Å². The van der Waals surface area contributed by atoms with E-state index in [4.69, 9.17) is 10.5 Å². The van der Waals surface area contributed by atoms with Gasteiger partial charge in [-0.15, -0.1) is 0 Å². The third-order valence-corrected chi connectivity index (χ3v) is 3.39. The molecule has 1 aliphatic heterocycles. The predicted octanol–water partition coefficient (Wildman–Crippen LogP) is -0.103. The van der Waals surface area contributed by atoms with Crippen LogP contribution in [0.5, 0.6) is 0 Å². The number of hydrogen-bond donors (Lipinski definition) is 1. The van der Waals surface area contributed by atoms with Gasteiger partial charge in [0.2, 0.25) is 0 Å². The van der Waals surface area contributed by atoms with Crippen molar-refractivity contribution in [3.63, 3.8) is 0 Å². The van der Waals surface area contributed by atoms with Crippen LogP contribution in [-0.2, 0) is 14.3 Å². The van der Waals surface area contributed by atoms with E-state index < -0.39 is 18.1 Å². The standard InChI is InChI=1S/C13H25N3O4/c1-15(2)8-10-4-6-16(7-5-10)13(18)20-9-11(14)12(17)19-3/h10-11H,4-9,14H2,1-3H3/t11-/m0/s1. The number of carbonyl (C=O) groups excluding carboxylic acids is 2. The van der Waals surface area contributed by atoms with Crippen molar-refractivity contribution in [2.75, 3.05) is 47.4 Å². The number of ether oxygens (including phenoxy) is 2. The average Bonchev–Trinajstić information content (AvgIpc) is 2.43. The van der Waals surface area contributed by atoms with Crippen molar-refractivity contribution < 1.29 is 19.1 Å². The molecule has 20 heavy (non-hydrogen) atoms. The molecule has 0 radical (unpaired) electrons. The molecular weight excluding hydrogens is 262 g/mol. The second-order valence-electron chi connectivity index (χ2n) is 5.40. The molecule has 0 unspecified atom stereocenters. The van der Waals surface area contributed by atoms with E-state index in [9.17, 15) is 9.59 Å². The molecule has 0 aromatic rings. The summed E-state index contributed by atoms with van der Waals surface area (Å²) in [6.07, 6.45) is 1.53. The Balaban J connectivity index is 2.27. The molecule has 1 atom stereocenters. The summed E-state index contributed by atoms with van der Waals surface area (Å²) >= 11 is 0. The molecule has 0 saturated carbocycles. The largest absolute Gasteiger partial charge is 0.468 e. The van der Waals surface area contributed by atoms with Crippen LogP contribution < -0.4 is 5.73 Å². The lowest BCUT2D eigenvalue weighted by atomic mass is 9.97. The summed E-state index contributed by atoms with van der Waals surface area (Å²) in [6, 6.07) is -0.921. The highest BCUT2D eigenvalue weighted by atomic mass is 16.6. The number of likely N-dealkylation sites (tertiary alicyclic amines) is 1. The summed E-state index contributed by atoms with van der Waals surface area (Å²) < 4.78 is 9.50. The number of methoxy groups -OCH3 is 1. The number of carbonyl (C=O) groups is 2. The minimum Gasteiger partial charge on any atom is -0.468 e. The normalized spacial score (nSPS) is 17.9. The Morgan fingerprint density at radius 3 is 2.45 bits per heavy atom. The minimum atomic E-state index is -0.921. The van der Waals surface area contributed by atoms with Gasteiger partial charge >= 0.3 is 12.1 Å². The number of nitrogens with two attached hydrogens (primary N) is 1. The van der Waals surface area contributed by atoms with E-state index in [2.05, 4.69) is 23.7 Å². The number of rotatable bonds is 5. The molecule has 1 heterocycles. The van der Waals surface area contributed by atoms with Gasteiger partial charge in [-0.1, -0.05) is 0 Å². The second-order valence-corrected chi connectivity index (χ2v) is 5.40. The highest BCUT2D eigenvalue weighted by Crippen LogP contribution is 2.18. The molecular formula is C13H25N3O4. The predicted molar refractivity (Wildman–Crippen MR) is 74.2 cm³/mol. The first-order valence-corrected chi connectivity index (χ1v) is 6.84. The van der Waals surface area contributed by atoms with Crippen molar-refractivity contribution in [2.24, 2.45) is 11.7 Å². The van der Waals surface area contributed by atoms with E-state index in [1.807, 2.05) is 0 Å². The Morgan fingerprint density at radius 2 is 1.95 bits per heavy atom. The second kappa shape index (κ2) is 8.06. The first-order chi connectivity index (χ1) is 9.43. The molecule has 116 valence electrons. The molecule has 0 bridgehead atoms. The summed E-state index contributed by atoms with van der Waals surface area (Å²) in [6.45, 7) is 2.26. The maximum atomic E-state index is 11.8. The van der Waals surface area contributed by atoms with Crippen LogP contribution >= 0.6 is 0 Å². The summed E-state index contributed by atoms with van der Waals surface area (Å²) in [5.41, 5.74) is 5.51. The molecule has 1 aliphatic rings. The van der Waals surface area contributed by atoms with Gasteiger partial charge in [-0.05, 0) is 32.9 Å².